The molecule has 1 atom stereocenters. The minimum atomic E-state index is 0.204. The minimum Gasteiger partial charge on any atom is -0.304 e. The van der Waals surface area contributed by atoms with Crippen LogP contribution < -0.4 is 5.32 Å². The van der Waals surface area contributed by atoms with Crippen LogP contribution in [0.5, 0.6) is 0 Å². The van der Waals surface area contributed by atoms with Gasteiger partial charge in [-0.3, -0.25) is 4.68 Å². The molecule has 4 nitrogen and oxygen atoms in total. The summed E-state index contributed by atoms with van der Waals surface area (Å²) in [5.41, 5.74) is 2.37. The molecule has 110 valence electrons. The molecule has 2 aromatic heterocycles. The Hall–Kier alpha value is -1.20. The van der Waals surface area contributed by atoms with Gasteiger partial charge in [0.1, 0.15) is 0 Å². The summed E-state index contributed by atoms with van der Waals surface area (Å²) in [6.45, 7) is 10.5. The number of thiazole rings is 1. The molecule has 20 heavy (non-hydrogen) atoms. The van der Waals surface area contributed by atoms with Crippen molar-refractivity contribution in [3.63, 3.8) is 0 Å². The number of aromatic nitrogens is 3. The topological polar surface area (TPSA) is 42.7 Å². The molecule has 0 saturated carbocycles. The van der Waals surface area contributed by atoms with E-state index in [-0.39, 0.29) is 6.04 Å². The molecule has 1 unspecified atom stereocenters. The Kier molecular flexibility index (Phi) is 5.31. The number of nitrogens with zero attached hydrogens (tertiary/aromatic N) is 3. The van der Waals surface area contributed by atoms with Crippen LogP contribution in [0.3, 0.4) is 0 Å². The van der Waals surface area contributed by atoms with Crippen molar-refractivity contribution in [3.05, 3.63) is 33.5 Å². The van der Waals surface area contributed by atoms with Gasteiger partial charge < -0.3 is 5.32 Å². The van der Waals surface area contributed by atoms with Gasteiger partial charge in [0.15, 0.2) is 0 Å². The van der Waals surface area contributed by atoms with E-state index in [0.717, 1.165) is 36.6 Å². The van der Waals surface area contributed by atoms with Gasteiger partial charge in [-0.2, -0.15) is 5.10 Å². The third-order valence-electron chi connectivity index (χ3n) is 3.28. The first kappa shape index (κ1) is 15.2. The molecule has 0 fully saturated rings. The molecule has 0 aromatic carbocycles. The highest BCUT2D eigenvalue weighted by Gasteiger charge is 2.22. The smallest absolute Gasteiger partial charge is 0.0900 e. The summed E-state index contributed by atoms with van der Waals surface area (Å²) in [5, 5.41) is 9.24. The number of hydrogen-bond acceptors (Lipinski definition) is 4. The molecular weight excluding hydrogens is 268 g/mol. The summed E-state index contributed by atoms with van der Waals surface area (Å²) in [6.07, 6.45) is 4.11. The number of nitrogens with one attached hydrogen (secondary N) is 1. The molecule has 0 bridgehead atoms. The standard InChI is InChI=1S/C15H24N4S/c1-5-8-16-14(15-11(3)18-12(4)20-15)13-7-9-17-19(13)10-6-2/h7,9,14,16H,5-6,8,10H2,1-4H3. The molecule has 0 aliphatic heterocycles. The van der Waals surface area contributed by atoms with Gasteiger partial charge in [-0.05, 0) is 39.3 Å². The van der Waals surface area contributed by atoms with E-state index in [1.54, 1.807) is 11.3 Å². The van der Waals surface area contributed by atoms with Crippen molar-refractivity contribution < 1.29 is 0 Å². The molecule has 2 heterocycles. The van der Waals surface area contributed by atoms with Crippen molar-refractivity contribution in [2.75, 3.05) is 6.54 Å². The Morgan fingerprint density at radius 1 is 1.30 bits per heavy atom. The Morgan fingerprint density at radius 3 is 2.70 bits per heavy atom. The highest BCUT2D eigenvalue weighted by atomic mass is 32.1. The van der Waals surface area contributed by atoms with Crippen molar-refractivity contribution in [3.8, 4) is 0 Å². The summed E-state index contributed by atoms with van der Waals surface area (Å²) >= 11 is 1.78. The SMILES string of the molecule is CCCNC(c1sc(C)nc1C)c1ccnn1CCC. The highest BCUT2D eigenvalue weighted by Crippen LogP contribution is 2.30. The maximum absolute atomic E-state index is 4.57. The Labute approximate surface area is 125 Å². The van der Waals surface area contributed by atoms with Gasteiger partial charge in [-0.25, -0.2) is 4.98 Å². The van der Waals surface area contributed by atoms with E-state index in [2.05, 4.69) is 53.8 Å². The fourth-order valence-corrected chi connectivity index (χ4v) is 3.44. The zero-order valence-corrected chi connectivity index (χ0v) is 13.6. The summed E-state index contributed by atoms with van der Waals surface area (Å²) in [5.74, 6) is 0. The highest BCUT2D eigenvalue weighted by molar-refractivity contribution is 7.11. The summed E-state index contributed by atoms with van der Waals surface area (Å²) < 4.78 is 2.11. The van der Waals surface area contributed by atoms with Crippen LogP contribution in [0.4, 0.5) is 0 Å². The van der Waals surface area contributed by atoms with Crippen LogP contribution in [0.2, 0.25) is 0 Å². The third kappa shape index (κ3) is 3.27. The first-order valence-electron chi connectivity index (χ1n) is 7.36. The predicted molar refractivity (Wildman–Crippen MR) is 84.2 cm³/mol. The molecule has 0 spiro atoms. The van der Waals surface area contributed by atoms with Gasteiger partial charge in [0.05, 0.1) is 27.3 Å². The van der Waals surface area contributed by atoms with Crippen LogP contribution in [-0.2, 0) is 6.54 Å². The van der Waals surface area contributed by atoms with Crippen molar-refractivity contribution in [2.24, 2.45) is 0 Å². The summed E-state index contributed by atoms with van der Waals surface area (Å²) in [4.78, 5) is 5.89. The molecule has 1 N–H and O–H groups in total. The molecule has 2 aromatic rings. The van der Waals surface area contributed by atoms with E-state index >= 15 is 0 Å². The lowest BCUT2D eigenvalue weighted by atomic mass is 10.1. The van der Waals surface area contributed by atoms with Crippen LogP contribution in [0, 0.1) is 13.8 Å². The predicted octanol–water partition coefficient (Wildman–Crippen LogP) is 3.46. The van der Waals surface area contributed by atoms with E-state index in [4.69, 9.17) is 0 Å². The number of rotatable bonds is 7. The zero-order valence-electron chi connectivity index (χ0n) is 12.8. The van der Waals surface area contributed by atoms with Gasteiger partial charge >= 0.3 is 0 Å². The average Bonchev–Trinajstić information content (AvgIpc) is 2.99. The normalized spacial score (nSPS) is 12.8. The van der Waals surface area contributed by atoms with Gasteiger partial charge in [-0.15, -0.1) is 11.3 Å². The van der Waals surface area contributed by atoms with Crippen molar-refractivity contribution in [1.29, 1.82) is 0 Å². The first-order chi connectivity index (χ1) is 9.67. The van der Waals surface area contributed by atoms with Gasteiger partial charge in [0.25, 0.3) is 0 Å². The molecule has 0 aliphatic rings. The molecule has 0 saturated heterocycles. The second-order valence-electron chi connectivity index (χ2n) is 5.05. The van der Waals surface area contributed by atoms with E-state index in [1.165, 1.54) is 10.6 Å². The van der Waals surface area contributed by atoms with Crippen molar-refractivity contribution in [1.82, 2.24) is 20.1 Å². The number of hydrogen-bond donors (Lipinski definition) is 1. The summed E-state index contributed by atoms with van der Waals surface area (Å²) in [6, 6.07) is 2.33. The first-order valence-corrected chi connectivity index (χ1v) is 8.18. The van der Waals surface area contributed by atoms with Crippen LogP contribution in [0.25, 0.3) is 0 Å². The molecular formula is C15H24N4S. The molecule has 0 amide bonds. The Morgan fingerprint density at radius 2 is 2.10 bits per heavy atom. The van der Waals surface area contributed by atoms with Gasteiger partial charge in [0.2, 0.25) is 0 Å². The van der Waals surface area contributed by atoms with Crippen LogP contribution >= 0.6 is 11.3 Å². The second kappa shape index (κ2) is 6.99. The number of aryl methyl sites for hydroxylation is 3. The monoisotopic (exact) mass is 292 g/mol. The van der Waals surface area contributed by atoms with E-state index in [1.807, 2.05) is 6.20 Å². The lowest BCUT2D eigenvalue weighted by molar-refractivity contribution is 0.514. The van der Waals surface area contributed by atoms with Gasteiger partial charge in [0, 0.05) is 12.7 Å². The maximum Gasteiger partial charge on any atom is 0.0900 e. The molecule has 0 aliphatic carbocycles. The van der Waals surface area contributed by atoms with Crippen LogP contribution in [0.15, 0.2) is 12.3 Å². The fraction of sp³-hybridized carbons (Fsp3) is 0.600. The second-order valence-corrected chi connectivity index (χ2v) is 6.28. The third-order valence-corrected chi connectivity index (χ3v) is 4.42. The van der Waals surface area contributed by atoms with Crippen molar-refractivity contribution in [2.45, 2.75) is 53.1 Å². The average molecular weight is 292 g/mol. The Bertz CT molecular complexity index is 544. The lowest BCUT2D eigenvalue weighted by Crippen LogP contribution is -2.25. The van der Waals surface area contributed by atoms with Crippen LogP contribution in [0.1, 0.15) is 54.0 Å². The van der Waals surface area contributed by atoms with Gasteiger partial charge in [-0.1, -0.05) is 13.8 Å². The largest absolute Gasteiger partial charge is 0.304 e. The minimum absolute atomic E-state index is 0.204. The quantitative estimate of drug-likeness (QED) is 0.850. The Balaban J connectivity index is 2.36. The fourth-order valence-electron chi connectivity index (χ4n) is 2.42. The van der Waals surface area contributed by atoms with Crippen LogP contribution in [-0.4, -0.2) is 21.3 Å². The molecule has 0 radical (unpaired) electrons. The van der Waals surface area contributed by atoms with E-state index < -0.39 is 0 Å². The van der Waals surface area contributed by atoms with E-state index in [0.29, 0.717) is 0 Å². The maximum atomic E-state index is 4.57. The lowest BCUT2D eigenvalue weighted by Gasteiger charge is -2.19. The molecule has 2 rings (SSSR count). The summed E-state index contributed by atoms with van der Waals surface area (Å²) in [7, 11) is 0. The van der Waals surface area contributed by atoms with Crippen molar-refractivity contribution >= 4 is 11.3 Å². The van der Waals surface area contributed by atoms with E-state index in [9.17, 15) is 0 Å². The molecule has 5 heteroatoms. The zero-order chi connectivity index (χ0) is 14.5.